The van der Waals surface area contributed by atoms with Crippen LogP contribution in [0.15, 0.2) is 18.3 Å². The molecular weight excluding hydrogens is 286 g/mol. The largest absolute Gasteiger partial charge is 0.383 e. The lowest BCUT2D eigenvalue weighted by atomic mass is 9.93. The maximum absolute atomic E-state index is 6.50. The molecule has 0 amide bonds. The van der Waals surface area contributed by atoms with Crippen LogP contribution in [0.4, 0.5) is 0 Å². The van der Waals surface area contributed by atoms with Crippen LogP contribution < -0.4 is 5.73 Å². The van der Waals surface area contributed by atoms with Gasteiger partial charge in [0, 0.05) is 7.11 Å². The minimum Gasteiger partial charge on any atom is -0.383 e. The van der Waals surface area contributed by atoms with Gasteiger partial charge in [0.15, 0.2) is 0 Å². The molecule has 1 aromatic carbocycles. The van der Waals surface area contributed by atoms with Crippen molar-refractivity contribution in [3.05, 3.63) is 51.3 Å². The van der Waals surface area contributed by atoms with E-state index in [0.717, 1.165) is 11.3 Å². The van der Waals surface area contributed by atoms with Gasteiger partial charge in [0.1, 0.15) is 0 Å². The highest BCUT2D eigenvalue weighted by molar-refractivity contribution is 6.31. The molecule has 0 aliphatic carbocycles. The lowest BCUT2D eigenvalue weighted by Gasteiger charge is -2.20. The summed E-state index contributed by atoms with van der Waals surface area (Å²) < 4.78 is 6.94. The van der Waals surface area contributed by atoms with Crippen molar-refractivity contribution in [2.24, 2.45) is 5.73 Å². The molecule has 5 heteroatoms. The van der Waals surface area contributed by atoms with Crippen molar-refractivity contribution in [1.29, 1.82) is 0 Å². The highest BCUT2D eigenvalue weighted by atomic mass is 35.5. The molecule has 0 fully saturated rings. The highest BCUT2D eigenvalue weighted by Crippen LogP contribution is 2.31. The summed E-state index contributed by atoms with van der Waals surface area (Å²) in [6, 6.07) is 4.00. The lowest BCUT2D eigenvalue weighted by Crippen LogP contribution is -2.21. The molecule has 0 bridgehead atoms. The predicted octanol–water partition coefficient (Wildman–Crippen LogP) is 3.16. The molecule has 2 N–H and O–H groups in total. The van der Waals surface area contributed by atoms with Gasteiger partial charge < -0.3 is 10.5 Å². The van der Waals surface area contributed by atoms with Gasteiger partial charge in [-0.2, -0.15) is 5.10 Å². The summed E-state index contributed by atoms with van der Waals surface area (Å²) in [4.78, 5) is 0. The van der Waals surface area contributed by atoms with E-state index < -0.39 is 0 Å². The van der Waals surface area contributed by atoms with Crippen LogP contribution in [0.1, 0.15) is 34.0 Å². The van der Waals surface area contributed by atoms with E-state index in [1.165, 1.54) is 16.7 Å². The second-order valence-electron chi connectivity index (χ2n) is 5.38. The van der Waals surface area contributed by atoms with E-state index in [2.05, 4.69) is 38.0 Å². The minimum atomic E-state index is -0.294. The molecule has 1 heterocycles. The molecule has 0 radical (unpaired) electrons. The first-order chi connectivity index (χ1) is 9.95. The zero-order valence-electron chi connectivity index (χ0n) is 13.0. The zero-order chi connectivity index (χ0) is 15.6. The van der Waals surface area contributed by atoms with Gasteiger partial charge in [-0.25, -0.2) is 0 Å². The van der Waals surface area contributed by atoms with Crippen molar-refractivity contribution >= 4 is 11.6 Å². The number of nitrogens with zero attached hydrogens (tertiary/aromatic N) is 2. The van der Waals surface area contributed by atoms with E-state index in [-0.39, 0.29) is 6.04 Å². The normalized spacial score (nSPS) is 12.7. The van der Waals surface area contributed by atoms with Crippen LogP contribution in [0.2, 0.25) is 5.02 Å². The van der Waals surface area contributed by atoms with Crippen LogP contribution in [0.3, 0.4) is 0 Å². The first-order valence-corrected chi connectivity index (χ1v) is 7.37. The Morgan fingerprint density at radius 2 is 1.90 bits per heavy atom. The Hall–Kier alpha value is -1.36. The molecular formula is C16H22ClN3O. The van der Waals surface area contributed by atoms with Crippen molar-refractivity contribution < 1.29 is 4.74 Å². The fourth-order valence-electron chi connectivity index (χ4n) is 2.86. The molecule has 1 aromatic heterocycles. The average molecular weight is 308 g/mol. The number of methoxy groups -OCH3 is 1. The number of halogens is 1. The van der Waals surface area contributed by atoms with Crippen LogP contribution in [0.5, 0.6) is 0 Å². The molecule has 0 saturated heterocycles. The van der Waals surface area contributed by atoms with Crippen molar-refractivity contribution in [3.8, 4) is 0 Å². The number of hydrogen-bond acceptors (Lipinski definition) is 3. The quantitative estimate of drug-likeness (QED) is 0.923. The molecule has 0 spiro atoms. The number of ether oxygens (including phenoxy) is 1. The molecule has 0 saturated carbocycles. The molecule has 0 aliphatic heterocycles. The Balaban J connectivity index is 2.45. The maximum atomic E-state index is 6.50. The molecule has 114 valence electrons. The van der Waals surface area contributed by atoms with Crippen LogP contribution in [-0.4, -0.2) is 23.5 Å². The van der Waals surface area contributed by atoms with E-state index in [1.54, 1.807) is 13.3 Å². The molecule has 4 nitrogen and oxygen atoms in total. The van der Waals surface area contributed by atoms with Gasteiger partial charge in [-0.05, 0) is 37.5 Å². The summed E-state index contributed by atoms with van der Waals surface area (Å²) in [5.41, 5.74) is 12.0. The smallest absolute Gasteiger partial charge is 0.0837 e. The molecule has 2 aromatic rings. The van der Waals surface area contributed by atoms with Gasteiger partial charge in [-0.3, -0.25) is 4.68 Å². The summed E-state index contributed by atoms with van der Waals surface area (Å²) in [7, 11) is 1.67. The second-order valence-corrected chi connectivity index (χ2v) is 5.79. The Morgan fingerprint density at radius 3 is 2.48 bits per heavy atom. The van der Waals surface area contributed by atoms with Crippen LogP contribution in [-0.2, 0) is 11.3 Å². The second kappa shape index (κ2) is 6.60. The Morgan fingerprint density at radius 1 is 1.29 bits per heavy atom. The van der Waals surface area contributed by atoms with Gasteiger partial charge in [-0.1, -0.05) is 29.3 Å². The number of nitrogens with two attached hydrogens (primary N) is 1. The summed E-state index contributed by atoms with van der Waals surface area (Å²) in [5, 5.41) is 4.90. The minimum absolute atomic E-state index is 0.294. The van der Waals surface area contributed by atoms with Crippen LogP contribution in [0.25, 0.3) is 0 Å². The monoisotopic (exact) mass is 307 g/mol. The van der Waals surface area contributed by atoms with Gasteiger partial charge in [-0.15, -0.1) is 0 Å². The first kappa shape index (κ1) is 16.0. The van der Waals surface area contributed by atoms with E-state index >= 15 is 0 Å². The van der Waals surface area contributed by atoms with E-state index in [9.17, 15) is 0 Å². The predicted molar refractivity (Wildman–Crippen MR) is 85.8 cm³/mol. The number of rotatable bonds is 5. The number of aromatic nitrogens is 2. The van der Waals surface area contributed by atoms with Gasteiger partial charge in [0.05, 0.1) is 36.1 Å². The molecule has 1 atom stereocenters. The zero-order valence-corrected chi connectivity index (χ0v) is 13.7. The highest BCUT2D eigenvalue weighted by Gasteiger charge is 2.21. The van der Waals surface area contributed by atoms with Gasteiger partial charge >= 0.3 is 0 Å². The van der Waals surface area contributed by atoms with E-state index in [0.29, 0.717) is 18.2 Å². The SMILES string of the molecule is COCCn1ncc(Cl)c1C(N)c1c(C)cc(C)cc1C. The first-order valence-electron chi connectivity index (χ1n) is 6.99. The number of aryl methyl sites for hydroxylation is 3. The van der Waals surface area contributed by atoms with Crippen LogP contribution in [0, 0.1) is 20.8 Å². The third-order valence-electron chi connectivity index (χ3n) is 3.68. The topological polar surface area (TPSA) is 53.1 Å². The Labute approximate surface area is 130 Å². The van der Waals surface area contributed by atoms with Crippen molar-refractivity contribution in [3.63, 3.8) is 0 Å². The van der Waals surface area contributed by atoms with E-state index in [1.807, 2.05) is 4.68 Å². The lowest BCUT2D eigenvalue weighted by molar-refractivity contribution is 0.182. The van der Waals surface area contributed by atoms with Crippen LogP contribution >= 0.6 is 11.6 Å². The maximum Gasteiger partial charge on any atom is 0.0837 e. The fourth-order valence-corrected chi connectivity index (χ4v) is 3.11. The number of benzene rings is 1. The fraction of sp³-hybridized carbons (Fsp3) is 0.438. The number of hydrogen-bond donors (Lipinski definition) is 1. The Bertz CT molecular complexity index is 613. The van der Waals surface area contributed by atoms with Gasteiger partial charge in [0.2, 0.25) is 0 Å². The van der Waals surface area contributed by atoms with Crippen molar-refractivity contribution in [2.45, 2.75) is 33.4 Å². The molecule has 2 rings (SSSR count). The molecule has 0 aliphatic rings. The third-order valence-corrected chi connectivity index (χ3v) is 3.98. The summed E-state index contributed by atoms with van der Waals surface area (Å²) >= 11 is 6.30. The van der Waals surface area contributed by atoms with Crippen molar-refractivity contribution in [1.82, 2.24) is 9.78 Å². The average Bonchev–Trinajstić information content (AvgIpc) is 2.76. The Kier molecular flexibility index (Phi) is 5.04. The van der Waals surface area contributed by atoms with E-state index in [4.69, 9.17) is 22.1 Å². The standard InChI is InChI=1S/C16H22ClN3O/c1-10-7-11(2)14(12(3)8-10)15(18)16-13(17)9-19-20(16)5-6-21-4/h7-9,15H,5-6,18H2,1-4H3. The summed E-state index contributed by atoms with van der Waals surface area (Å²) in [6.45, 7) is 7.46. The summed E-state index contributed by atoms with van der Waals surface area (Å²) in [5.74, 6) is 0. The third kappa shape index (κ3) is 3.28. The van der Waals surface area contributed by atoms with Gasteiger partial charge in [0.25, 0.3) is 0 Å². The molecule has 1 unspecified atom stereocenters. The summed E-state index contributed by atoms with van der Waals surface area (Å²) in [6.07, 6.45) is 1.64. The molecule has 21 heavy (non-hydrogen) atoms. The van der Waals surface area contributed by atoms with Crippen molar-refractivity contribution in [2.75, 3.05) is 13.7 Å².